The van der Waals surface area contributed by atoms with Crippen molar-refractivity contribution in [3.63, 3.8) is 0 Å². The highest BCUT2D eigenvalue weighted by atomic mass is 16.5. The smallest absolute Gasteiger partial charge is 0.256 e. The molecule has 158 valence electrons. The zero-order chi connectivity index (χ0) is 20.9. The van der Waals surface area contributed by atoms with E-state index in [-0.39, 0.29) is 5.91 Å². The van der Waals surface area contributed by atoms with Crippen molar-refractivity contribution < 1.29 is 9.53 Å². The maximum atomic E-state index is 13.1. The minimum absolute atomic E-state index is 0.120. The first-order chi connectivity index (χ1) is 14.6. The van der Waals surface area contributed by atoms with Gasteiger partial charge in [-0.15, -0.1) is 0 Å². The van der Waals surface area contributed by atoms with Gasteiger partial charge in [0.25, 0.3) is 5.91 Å². The quantitative estimate of drug-likeness (QED) is 0.553. The molecular formula is C25H31N3O2. The van der Waals surface area contributed by atoms with Gasteiger partial charge in [0.05, 0.1) is 18.8 Å². The van der Waals surface area contributed by atoms with Crippen LogP contribution in [0.5, 0.6) is 0 Å². The number of fused-ring (bicyclic) bond motifs is 1. The summed E-state index contributed by atoms with van der Waals surface area (Å²) in [5, 5.41) is 1.05. The zero-order valence-electron chi connectivity index (χ0n) is 18.0. The summed E-state index contributed by atoms with van der Waals surface area (Å²) in [7, 11) is 4.13. The molecule has 3 aromatic rings. The van der Waals surface area contributed by atoms with E-state index in [4.69, 9.17) is 4.74 Å². The Bertz CT molecular complexity index is 985. The number of carbonyl (C=O) groups excluding carboxylic acids is 1. The first kappa shape index (κ1) is 20.5. The molecule has 0 atom stereocenters. The van der Waals surface area contributed by atoms with Crippen molar-refractivity contribution in [2.45, 2.75) is 25.8 Å². The Kier molecular flexibility index (Phi) is 6.38. The molecule has 30 heavy (non-hydrogen) atoms. The van der Waals surface area contributed by atoms with E-state index in [2.05, 4.69) is 60.0 Å². The number of nitrogens with zero attached hydrogens (tertiary/aromatic N) is 3. The number of unbranched alkanes of at least 4 members (excludes halogenated alkanes) is 1. The van der Waals surface area contributed by atoms with Crippen LogP contribution in [0.15, 0.2) is 54.7 Å². The third-order valence-corrected chi connectivity index (χ3v) is 5.88. The molecule has 1 fully saturated rings. The Morgan fingerprint density at radius 2 is 1.73 bits per heavy atom. The SMILES string of the molecule is CN(C)c1ccc(CCCCn2cc(C(=O)N3CCOCC3)c3ccccc32)cc1. The van der Waals surface area contributed by atoms with E-state index in [0.29, 0.717) is 26.3 Å². The number of hydrogen-bond acceptors (Lipinski definition) is 3. The van der Waals surface area contributed by atoms with E-state index in [1.165, 1.54) is 11.3 Å². The van der Waals surface area contributed by atoms with Crippen LogP contribution in [-0.2, 0) is 17.7 Å². The number of carbonyl (C=O) groups is 1. The number of hydrogen-bond donors (Lipinski definition) is 0. The van der Waals surface area contributed by atoms with Crippen molar-refractivity contribution in [2.24, 2.45) is 0 Å². The molecule has 0 spiro atoms. The summed E-state index contributed by atoms with van der Waals surface area (Å²) >= 11 is 0. The summed E-state index contributed by atoms with van der Waals surface area (Å²) < 4.78 is 7.65. The molecule has 1 amide bonds. The number of rotatable bonds is 7. The van der Waals surface area contributed by atoms with Gasteiger partial charge >= 0.3 is 0 Å². The monoisotopic (exact) mass is 405 g/mol. The van der Waals surface area contributed by atoms with E-state index >= 15 is 0 Å². The highest BCUT2D eigenvalue weighted by molar-refractivity contribution is 6.07. The fourth-order valence-corrected chi connectivity index (χ4v) is 4.11. The van der Waals surface area contributed by atoms with E-state index in [1.54, 1.807) is 0 Å². The normalized spacial score (nSPS) is 14.3. The lowest BCUT2D eigenvalue weighted by atomic mass is 10.1. The standard InChI is InChI=1S/C25H31N3O2/c1-26(2)21-12-10-20(11-13-21)7-5-6-14-28-19-23(22-8-3-4-9-24(22)28)25(29)27-15-17-30-18-16-27/h3-4,8-13,19H,5-7,14-18H2,1-2H3. The highest BCUT2D eigenvalue weighted by Gasteiger charge is 2.22. The van der Waals surface area contributed by atoms with Gasteiger partial charge in [-0.1, -0.05) is 30.3 Å². The van der Waals surface area contributed by atoms with Crippen LogP contribution in [0.3, 0.4) is 0 Å². The van der Waals surface area contributed by atoms with Crippen molar-refractivity contribution in [3.05, 3.63) is 65.9 Å². The van der Waals surface area contributed by atoms with E-state index < -0.39 is 0 Å². The summed E-state index contributed by atoms with van der Waals surface area (Å²) in [6.07, 6.45) is 5.33. The Labute approximate surface area is 178 Å². The van der Waals surface area contributed by atoms with Crippen molar-refractivity contribution >= 4 is 22.5 Å². The Balaban J connectivity index is 1.41. The molecule has 5 heteroatoms. The third kappa shape index (κ3) is 4.51. The number of aromatic nitrogens is 1. The molecule has 0 bridgehead atoms. The van der Waals surface area contributed by atoms with Crippen LogP contribution in [0.1, 0.15) is 28.8 Å². The molecule has 4 rings (SSSR count). The predicted molar refractivity (Wildman–Crippen MR) is 122 cm³/mol. The van der Waals surface area contributed by atoms with Crippen LogP contribution in [0, 0.1) is 0 Å². The Morgan fingerprint density at radius 3 is 2.47 bits per heavy atom. The molecule has 5 nitrogen and oxygen atoms in total. The fourth-order valence-electron chi connectivity index (χ4n) is 4.11. The van der Waals surface area contributed by atoms with Crippen LogP contribution in [0.25, 0.3) is 10.9 Å². The second kappa shape index (κ2) is 9.35. The van der Waals surface area contributed by atoms with Crippen molar-refractivity contribution in [1.82, 2.24) is 9.47 Å². The lowest BCUT2D eigenvalue weighted by Gasteiger charge is -2.26. The van der Waals surface area contributed by atoms with Crippen LogP contribution in [-0.4, -0.2) is 55.8 Å². The van der Waals surface area contributed by atoms with Gasteiger partial charge in [-0.05, 0) is 43.0 Å². The Hall–Kier alpha value is -2.79. The highest BCUT2D eigenvalue weighted by Crippen LogP contribution is 2.24. The second-order valence-electron chi connectivity index (χ2n) is 8.18. The fraction of sp³-hybridized carbons (Fsp3) is 0.400. The molecule has 0 aliphatic carbocycles. The van der Waals surface area contributed by atoms with Crippen molar-refractivity contribution in [2.75, 3.05) is 45.3 Å². The van der Waals surface area contributed by atoms with Gasteiger partial charge in [-0.2, -0.15) is 0 Å². The van der Waals surface area contributed by atoms with Crippen LogP contribution < -0.4 is 4.90 Å². The number of morpholine rings is 1. The summed E-state index contributed by atoms with van der Waals surface area (Å²) in [6.45, 7) is 3.52. The average molecular weight is 406 g/mol. The minimum Gasteiger partial charge on any atom is -0.378 e. The van der Waals surface area contributed by atoms with Gasteiger partial charge in [0.2, 0.25) is 0 Å². The lowest BCUT2D eigenvalue weighted by molar-refractivity contribution is 0.0304. The topological polar surface area (TPSA) is 37.7 Å². The molecule has 2 aromatic carbocycles. The van der Waals surface area contributed by atoms with Gasteiger partial charge in [0, 0.05) is 56.5 Å². The van der Waals surface area contributed by atoms with Crippen molar-refractivity contribution in [1.29, 1.82) is 0 Å². The molecule has 1 aliphatic heterocycles. The molecule has 1 aliphatic rings. The van der Waals surface area contributed by atoms with Gasteiger partial charge in [0.15, 0.2) is 0 Å². The van der Waals surface area contributed by atoms with Gasteiger partial charge < -0.3 is 19.1 Å². The number of benzene rings is 2. The lowest BCUT2D eigenvalue weighted by Crippen LogP contribution is -2.40. The van der Waals surface area contributed by atoms with Gasteiger partial charge in [-0.25, -0.2) is 0 Å². The van der Waals surface area contributed by atoms with Crippen molar-refractivity contribution in [3.8, 4) is 0 Å². The average Bonchev–Trinajstić information content (AvgIpc) is 3.16. The molecule has 0 saturated carbocycles. The maximum Gasteiger partial charge on any atom is 0.256 e. The first-order valence-corrected chi connectivity index (χ1v) is 10.8. The molecule has 0 unspecified atom stereocenters. The van der Waals surface area contributed by atoms with E-state index in [1.807, 2.05) is 23.2 Å². The number of amides is 1. The summed E-state index contributed by atoms with van der Waals surface area (Å²) in [5.41, 5.74) is 4.56. The van der Waals surface area contributed by atoms with E-state index in [0.717, 1.165) is 42.3 Å². The second-order valence-corrected chi connectivity index (χ2v) is 8.18. The predicted octanol–water partition coefficient (Wildman–Crippen LogP) is 4.20. The molecule has 0 radical (unpaired) electrons. The summed E-state index contributed by atoms with van der Waals surface area (Å²) in [5.74, 6) is 0.120. The van der Waals surface area contributed by atoms with Crippen LogP contribution in [0.4, 0.5) is 5.69 Å². The summed E-state index contributed by atoms with van der Waals surface area (Å²) in [4.78, 5) is 17.1. The first-order valence-electron chi connectivity index (χ1n) is 10.8. The maximum absolute atomic E-state index is 13.1. The number of aryl methyl sites for hydroxylation is 2. The van der Waals surface area contributed by atoms with Crippen LogP contribution >= 0.6 is 0 Å². The van der Waals surface area contributed by atoms with Gasteiger partial charge in [0.1, 0.15) is 0 Å². The van der Waals surface area contributed by atoms with E-state index in [9.17, 15) is 4.79 Å². The molecule has 0 N–H and O–H groups in total. The zero-order valence-corrected chi connectivity index (χ0v) is 18.0. The molecular weight excluding hydrogens is 374 g/mol. The summed E-state index contributed by atoms with van der Waals surface area (Å²) in [6, 6.07) is 17.0. The minimum atomic E-state index is 0.120. The Morgan fingerprint density at radius 1 is 1.00 bits per heavy atom. The largest absolute Gasteiger partial charge is 0.378 e. The van der Waals surface area contributed by atoms with Gasteiger partial charge in [-0.3, -0.25) is 4.79 Å². The molecule has 1 aromatic heterocycles. The van der Waals surface area contributed by atoms with Crippen LogP contribution in [0.2, 0.25) is 0 Å². The third-order valence-electron chi connectivity index (χ3n) is 5.88. The number of ether oxygens (including phenoxy) is 1. The molecule has 2 heterocycles. The number of para-hydroxylation sites is 1. The molecule has 1 saturated heterocycles. The number of anilines is 1.